The first-order valence-corrected chi connectivity index (χ1v) is 8.80. The highest BCUT2D eigenvalue weighted by Crippen LogP contribution is 2.38. The summed E-state index contributed by atoms with van der Waals surface area (Å²) in [6, 6.07) is 6.60. The summed E-state index contributed by atoms with van der Waals surface area (Å²) in [5.41, 5.74) is 0.893. The van der Waals surface area contributed by atoms with Gasteiger partial charge in [0, 0.05) is 25.3 Å². The summed E-state index contributed by atoms with van der Waals surface area (Å²) in [4.78, 5) is 6.87. The van der Waals surface area contributed by atoms with Crippen LogP contribution in [-0.4, -0.2) is 46.3 Å². The molecule has 2 bridgehead atoms. The molecule has 3 unspecified atom stereocenters. The van der Waals surface area contributed by atoms with Crippen LogP contribution in [0.25, 0.3) is 10.7 Å². The molecule has 0 radical (unpaired) electrons. The molecule has 4 heterocycles. The van der Waals surface area contributed by atoms with Gasteiger partial charge < -0.3 is 10.2 Å². The fourth-order valence-corrected chi connectivity index (χ4v) is 4.69. The molecule has 116 valence electrons. The Labute approximate surface area is 134 Å². The lowest BCUT2D eigenvalue weighted by molar-refractivity contribution is 0.0256. The Morgan fingerprint density at radius 3 is 3.05 bits per heavy atom. The van der Waals surface area contributed by atoms with Crippen molar-refractivity contribution in [1.29, 1.82) is 0 Å². The van der Waals surface area contributed by atoms with Crippen LogP contribution in [0.1, 0.15) is 19.3 Å². The molecule has 2 aliphatic heterocycles. The molecule has 0 spiro atoms. The SMILES string of the molecule is CN1CC2CCC1C(CNc1nnc(-c3ccccn3)s1)C2. The molecule has 2 aromatic rings. The van der Waals surface area contributed by atoms with Crippen LogP contribution in [0.3, 0.4) is 0 Å². The molecule has 1 aliphatic carbocycles. The Kier molecular flexibility index (Phi) is 3.80. The number of hydrogen-bond donors (Lipinski definition) is 1. The number of aromatic nitrogens is 3. The summed E-state index contributed by atoms with van der Waals surface area (Å²) in [5, 5.41) is 13.8. The summed E-state index contributed by atoms with van der Waals surface area (Å²) in [6.07, 6.45) is 5.91. The van der Waals surface area contributed by atoms with Gasteiger partial charge in [0.05, 0.1) is 0 Å². The second-order valence-corrected chi connectivity index (χ2v) is 7.43. The summed E-state index contributed by atoms with van der Waals surface area (Å²) in [6.45, 7) is 2.28. The second-order valence-electron chi connectivity index (χ2n) is 6.45. The summed E-state index contributed by atoms with van der Waals surface area (Å²) < 4.78 is 0. The Balaban J connectivity index is 1.39. The number of anilines is 1. The standard InChI is InChI=1S/C16H21N5S/c1-21-10-11-5-6-14(21)12(8-11)9-18-16-20-19-15(22-16)13-4-2-3-7-17-13/h2-4,7,11-12,14H,5-6,8-10H2,1H3,(H,18,20). The molecule has 0 amide bonds. The Morgan fingerprint density at radius 2 is 2.27 bits per heavy atom. The number of piperidine rings is 2. The van der Waals surface area contributed by atoms with Gasteiger partial charge in [-0.1, -0.05) is 17.4 Å². The molecule has 1 N–H and O–H groups in total. The molecule has 2 saturated heterocycles. The quantitative estimate of drug-likeness (QED) is 0.940. The van der Waals surface area contributed by atoms with Gasteiger partial charge in [0.1, 0.15) is 5.69 Å². The lowest BCUT2D eigenvalue weighted by atomic mass is 9.73. The van der Waals surface area contributed by atoms with Crippen LogP contribution in [0, 0.1) is 11.8 Å². The Morgan fingerprint density at radius 1 is 1.32 bits per heavy atom. The van der Waals surface area contributed by atoms with E-state index in [1.165, 1.54) is 25.8 Å². The number of hydrogen-bond acceptors (Lipinski definition) is 6. The third kappa shape index (κ3) is 2.73. The average Bonchev–Trinajstić information content (AvgIpc) is 3.03. The van der Waals surface area contributed by atoms with Crippen molar-refractivity contribution >= 4 is 16.5 Å². The van der Waals surface area contributed by atoms with Gasteiger partial charge in [0.2, 0.25) is 5.13 Å². The highest BCUT2D eigenvalue weighted by atomic mass is 32.1. The number of rotatable bonds is 4. The molecule has 3 atom stereocenters. The normalized spacial score (nSPS) is 28.0. The predicted octanol–water partition coefficient (Wildman–Crippen LogP) is 2.74. The molecule has 3 fully saturated rings. The van der Waals surface area contributed by atoms with Crippen molar-refractivity contribution in [3.05, 3.63) is 24.4 Å². The van der Waals surface area contributed by atoms with Crippen LogP contribution in [0.4, 0.5) is 5.13 Å². The van der Waals surface area contributed by atoms with Crippen LogP contribution >= 0.6 is 11.3 Å². The van der Waals surface area contributed by atoms with Crippen molar-refractivity contribution in [2.24, 2.45) is 11.8 Å². The van der Waals surface area contributed by atoms with E-state index in [-0.39, 0.29) is 0 Å². The maximum atomic E-state index is 4.33. The van der Waals surface area contributed by atoms with Gasteiger partial charge in [-0.25, -0.2) is 0 Å². The topological polar surface area (TPSA) is 53.9 Å². The number of nitrogens with one attached hydrogen (secondary N) is 1. The molecule has 3 aliphatic rings. The number of fused-ring (bicyclic) bond motifs is 3. The van der Waals surface area contributed by atoms with Gasteiger partial charge in [0.25, 0.3) is 0 Å². The minimum Gasteiger partial charge on any atom is -0.360 e. The van der Waals surface area contributed by atoms with E-state index >= 15 is 0 Å². The van der Waals surface area contributed by atoms with E-state index in [0.717, 1.165) is 40.3 Å². The maximum absolute atomic E-state index is 4.33. The maximum Gasteiger partial charge on any atom is 0.206 e. The minimum absolute atomic E-state index is 0.736. The van der Waals surface area contributed by atoms with Crippen molar-refractivity contribution in [1.82, 2.24) is 20.1 Å². The second kappa shape index (κ2) is 5.93. The van der Waals surface area contributed by atoms with E-state index in [9.17, 15) is 0 Å². The van der Waals surface area contributed by atoms with E-state index < -0.39 is 0 Å². The molecule has 5 nitrogen and oxygen atoms in total. The Bertz CT molecular complexity index is 628. The highest BCUT2D eigenvalue weighted by molar-refractivity contribution is 7.18. The lowest BCUT2D eigenvalue weighted by Gasteiger charge is -2.48. The molecular weight excluding hydrogens is 294 g/mol. The fourth-order valence-electron chi connectivity index (χ4n) is 3.96. The molecule has 22 heavy (non-hydrogen) atoms. The van der Waals surface area contributed by atoms with E-state index in [1.807, 2.05) is 18.2 Å². The number of pyridine rings is 1. The van der Waals surface area contributed by atoms with Gasteiger partial charge in [-0.3, -0.25) is 4.98 Å². The van der Waals surface area contributed by atoms with Gasteiger partial charge in [-0.15, -0.1) is 10.2 Å². The largest absolute Gasteiger partial charge is 0.360 e. The Hall–Kier alpha value is -1.53. The first-order chi connectivity index (χ1) is 10.8. The van der Waals surface area contributed by atoms with Crippen LogP contribution in [0.5, 0.6) is 0 Å². The molecule has 2 aromatic heterocycles. The van der Waals surface area contributed by atoms with Gasteiger partial charge in [0.15, 0.2) is 5.01 Å². The predicted molar refractivity (Wildman–Crippen MR) is 88.9 cm³/mol. The van der Waals surface area contributed by atoms with Crippen molar-refractivity contribution < 1.29 is 0 Å². The van der Waals surface area contributed by atoms with E-state index in [0.29, 0.717) is 0 Å². The van der Waals surface area contributed by atoms with Crippen molar-refractivity contribution in [3.8, 4) is 10.7 Å². The zero-order valence-electron chi connectivity index (χ0n) is 12.8. The fraction of sp³-hybridized carbons (Fsp3) is 0.562. The van der Waals surface area contributed by atoms with E-state index in [4.69, 9.17) is 0 Å². The summed E-state index contributed by atoms with van der Waals surface area (Å²) in [7, 11) is 2.27. The molecule has 6 heteroatoms. The number of nitrogens with zero attached hydrogens (tertiary/aromatic N) is 4. The lowest BCUT2D eigenvalue weighted by Crippen LogP contribution is -2.52. The third-order valence-electron chi connectivity index (χ3n) is 4.99. The molecular formula is C16H21N5S. The monoisotopic (exact) mass is 315 g/mol. The summed E-state index contributed by atoms with van der Waals surface area (Å²) >= 11 is 1.59. The molecule has 0 aromatic carbocycles. The molecule has 1 saturated carbocycles. The van der Waals surface area contributed by atoms with Gasteiger partial charge >= 0.3 is 0 Å². The first-order valence-electron chi connectivity index (χ1n) is 7.98. The van der Waals surface area contributed by atoms with Crippen molar-refractivity contribution in [2.75, 3.05) is 25.5 Å². The summed E-state index contributed by atoms with van der Waals surface area (Å²) in [5.74, 6) is 1.62. The van der Waals surface area contributed by atoms with Crippen LogP contribution in [0.2, 0.25) is 0 Å². The van der Waals surface area contributed by atoms with Gasteiger partial charge in [-0.2, -0.15) is 0 Å². The van der Waals surface area contributed by atoms with E-state index in [1.54, 1.807) is 17.5 Å². The van der Waals surface area contributed by atoms with Gasteiger partial charge in [-0.05, 0) is 50.3 Å². The van der Waals surface area contributed by atoms with Crippen LogP contribution in [-0.2, 0) is 0 Å². The van der Waals surface area contributed by atoms with E-state index in [2.05, 4.69) is 32.4 Å². The van der Waals surface area contributed by atoms with Crippen molar-refractivity contribution in [3.63, 3.8) is 0 Å². The smallest absolute Gasteiger partial charge is 0.206 e. The highest BCUT2D eigenvalue weighted by Gasteiger charge is 2.38. The zero-order chi connectivity index (χ0) is 14.9. The van der Waals surface area contributed by atoms with Crippen molar-refractivity contribution in [2.45, 2.75) is 25.3 Å². The van der Waals surface area contributed by atoms with Crippen LogP contribution < -0.4 is 5.32 Å². The van der Waals surface area contributed by atoms with Crippen LogP contribution in [0.15, 0.2) is 24.4 Å². The average molecular weight is 315 g/mol. The first kappa shape index (κ1) is 14.1. The minimum atomic E-state index is 0.736. The molecule has 5 rings (SSSR count). The zero-order valence-corrected chi connectivity index (χ0v) is 13.6. The third-order valence-corrected chi connectivity index (χ3v) is 5.89.